The van der Waals surface area contributed by atoms with E-state index in [2.05, 4.69) is 5.32 Å². The van der Waals surface area contributed by atoms with Crippen LogP contribution in [0.25, 0.3) is 0 Å². The molecule has 0 aliphatic carbocycles. The summed E-state index contributed by atoms with van der Waals surface area (Å²) in [7, 11) is -1.78. The lowest BCUT2D eigenvalue weighted by Crippen LogP contribution is -2.51. The van der Waals surface area contributed by atoms with Crippen LogP contribution in [0.3, 0.4) is 0 Å². The molecule has 2 amide bonds. The second kappa shape index (κ2) is 8.83. The van der Waals surface area contributed by atoms with Crippen molar-refractivity contribution in [3.05, 3.63) is 0 Å². The number of sulfone groups is 1. The highest BCUT2D eigenvalue weighted by atomic mass is 32.2. The van der Waals surface area contributed by atoms with Crippen LogP contribution in [0.4, 0.5) is 4.79 Å². The molecule has 0 aromatic rings. The van der Waals surface area contributed by atoms with Crippen molar-refractivity contribution >= 4 is 21.8 Å². The first kappa shape index (κ1) is 19.7. The number of nitrogens with one attached hydrogen (secondary N) is 1. The Kier molecular flexibility index (Phi) is 8.26. The van der Waals surface area contributed by atoms with Gasteiger partial charge < -0.3 is 20.1 Å². The Hall–Kier alpha value is -1.35. The first-order chi connectivity index (χ1) is 9.58. The second-order valence-electron chi connectivity index (χ2n) is 5.04. The van der Waals surface area contributed by atoms with E-state index in [9.17, 15) is 18.0 Å². The van der Waals surface area contributed by atoms with E-state index in [-0.39, 0.29) is 18.2 Å². The van der Waals surface area contributed by atoms with Crippen LogP contribution in [0.1, 0.15) is 20.3 Å². The first-order valence-electron chi connectivity index (χ1n) is 6.55. The van der Waals surface area contributed by atoms with Gasteiger partial charge in [0.25, 0.3) is 0 Å². The van der Waals surface area contributed by atoms with Crippen LogP contribution in [0.2, 0.25) is 0 Å². The van der Waals surface area contributed by atoms with E-state index in [1.165, 1.54) is 12.0 Å². The van der Waals surface area contributed by atoms with Crippen molar-refractivity contribution in [3.63, 3.8) is 0 Å². The van der Waals surface area contributed by atoms with Crippen molar-refractivity contribution in [3.8, 4) is 0 Å². The average Bonchev–Trinajstić information content (AvgIpc) is 2.32. The third-order valence-electron chi connectivity index (χ3n) is 2.79. The second-order valence-corrected chi connectivity index (χ2v) is 7.30. The Morgan fingerprint density at radius 3 is 2.29 bits per heavy atom. The van der Waals surface area contributed by atoms with Crippen LogP contribution in [0.5, 0.6) is 0 Å². The molecule has 0 aromatic carbocycles. The predicted molar refractivity (Wildman–Crippen MR) is 78.0 cm³/mol. The summed E-state index contributed by atoms with van der Waals surface area (Å²) in [5.41, 5.74) is 0. The topological polar surface area (TPSA) is 113 Å². The monoisotopic (exact) mass is 324 g/mol. The maximum Gasteiger partial charge on any atom is 0.326 e. The minimum Gasteiger partial charge on any atom is -0.480 e. The number of urea groups is 1. The van der Waals surface area contributed by atoms with Crippen LogP contribution in [0.15, 0.2) is 0 Å². The number of methoxy groups -OCH3 is 1. The number of nitrogens with zero attached hydrogens (tertiary/aromatic N) is 1. The summed E-state index contributed by atoms with van der Waals surface area (Å²) in [6.45, 7) is 4.23. The fourth-order valence-corrected chi connectivity index (χ4v) is 2.27. The molecule has 21 heavy (non-hydrogen) atoms. The van der Waals surface area contributed by atoms with Gasteiger partial charge in [-0.25, -0.2) is 18.0 Å². The summed E-state index contributed by atoms with van der Waals surface area (Å²) in [6.07, 6.45) is 0.850. The van der Waals surface area contributed by atoms with Gasteiger partial charge in [0.2, 0.25) is 0 Å². The maximum atomic E-state index is 12.1. The maximum absolute atomic E-state index is 12.1. The van der Waals surface area contributed by atoms with E-state index in [4.69, 9.17) is 9.84 Å². The number of amides is 2. The molecule has 0 aromatic heterocycles. The Labute approximate surface area is 125 Å². The molecule has 0 spiro atoms. The van der Waals surface area contributed by atoms with Crippen molar-refractivity contribution in [2.75, 3.05) is 32.3 Å². The van der Waals surface area contributed by atoms with Gasteiger partial charge in [-0.3, -0.25) is 0 Å². The van der Waals surface area contributed by atoms with E-state index in [0.717, 1.165) is 6.26 Å². The zero-order valence-electron chi connectivity index (χ0n) is 12.8. The summed E-state index contributed by atoms with van der Waals surface area (Å²) < 4.78 is 27.1. The molecule has 0 aliphatic rings. The lowest BCUT2D eigenvalue weighted by Gasteiger charge is -2.28. The van der Waals surface area contributed by atoms with Gasteiger partial charge in [0, 0.05) is 26.0 Å². The summed E-state index contributed by atoms with van der Waals surface area (Å²) in [6, 6.07) is -1.93. The predicted octanol–water partition coefficient (Wildman–Crippen LogP) is -0.0593. The van der Waals surface area contributed by atoms with Crippen molar-refractivity contribution in [1.82, 2.24) is 10.2 Å². The molecule has 0 heterocycles. The highest BCUT2D eigenvalue weighted by Gasteiger charge is 2.25. The average molecular weight is 324 g/mol. The largest absolute Gasteiger partial charge is 0.480 e. The van der Waals surface area contributed by atoms with Gasteiger partial charge in [0.1, 0.15) is 15.9 Å². The van der Waals surface area contributed by atoms with Gasteiger partial charge in [0.05, 0.1) is 12.4 Å². The number of carbonyl (C=O) groups is 2. The smallest absolute Gasteiger partial charge is 0.326 e. The highest BCUT2D eigenvalue weighted by molar-refractivity contribution is 7.90. The van der Waals surface area contributed by atoms with Crippen LogP contribution < -0.4 is 5.32 Å². The molecule has 1 unspecified atom stereocenters. The van der Waals surface area contributed by atoms with Crippen molar-refractivity contribution in [1.29, 1.82) is 0 Å². The molecule has 2 N–H and O–H groups in total. The molecule has 0 radical (unpaired) electrons. The fraction of sp³-hybridized carbons (Fsp3) is 0.833. The van der Waals surface area contributed by atoms with Gasteiger partial charge in [-0.15, -0.1) is 0 Å². The third-order valence-corrected chi connectivity index (χ3v) is 3.77. The minimum absolute atomic E-state index is 0.135. The van der Waals surface area contributed by atoms with E-state index in [1.807, 2.05) is 0 Å². The number of rotatable bonds is 9. The summed E-state index contributed by atoms with van der Waals surface area (Å²) in [4.78, 5) is 24.6. The van der Waals surface area contributed by atoms with Gasteiger partial charge in [-0.2, -0.15) is 0 Å². The Bertz CT molecular complexity index is 449. The lowest BCUT2D eigenvalue weighted by atomic mass is 10.2. The molecule has 1 atom stereocenters. The number of hydrogen-bond donors (Lipinski definition) is 2. The first-order valence-corrected chi connectivity index (χ1v) is 8.61. The molecule has 0 saturated carbocycles. The number of ether oxygens (including phenoxy) is 1. The quantitative estimate of drug-likeness (QED) is 0.614. The van der Waals surface area contributed by atoms with Crippen LogP contribution in [0, 0.1) is 0 Å². The minimum atomic E-state index is -3.29. The Morgan fingerprint density at radius 2 is 1.90 bits per heavy atom. The van der Waals surface area contributed by atoms with E-state index < -0.39 is 27.9 Å². The third kappa shape index (κ3) is 8.51. The number of carboxylic acids is 1. The van der Waals surface area contributed by atoms with Gasteiger partial charge in [-0.1, -0.05) is 0 Å². The van der Waals surface area contributed by atoms with Crippen LogP contribution in [-0.2, 0) is 19.4 Å². The molecule has 9 heteroatoms. The van der Waals surface area contributed by atoms with E-state index >= 15 is 0 Å². The highest BCUT2D eigenvalue weighted by Crippen LogP contribution is 2.03. The molecule has 0 saturated heterocycles. The SMILES string of the molecule is COCCN(C(=O)NC(CCS(C)(=O)=O)C(=O)O)C(C)C. The number of hydrogen-bond acceptors (Lipinski definition) is 5. The van der Waals surface area contributed by atoms with Gasteiger partial charge >= 0.3 is 12.0 Å². The van der Waals surface area contributed by atoms with Crippen molar-refractivity contribution in [2.45, 2.75) is 32.4 Å². The molecule has 0 fully saturated rings. The molecular formula is C12H24N2O6S. The number of aliphatic carboxylic acids is 1. The Morgan fingerprint density at radius 1 is 1.33 bits per heavy atom. The van der Waals surface area contributed by atoms with Gasteiger partial charge in [0.15, 0.2) is 0 Å². The van der Waals surface area contributed by atoms with Crippen molar-refractivity contribution < 1.29 is 27.9 Å². The molecule has 8 nitrogen and oxygen atoms in total. The molecule has 0 bridgehead atoms. The molecule has 0 rings (SSSR count). The number of carbonyl (C=O) groups excluding carboxylic acids is 1. The molecular weight excluding hydrogens is 300 g/mol. The Balaban J connectivity index is 4.74. The summed E-state index contributed by atoms with van der Waals surface area (Å²) >= 11 is 0. The van der Waals surface area contributed by atoms with Crippen molar-refractivity contribution in [2.24, 2.45) is 0 Å². The lowest BCUT2D eigenvalue weighted by molar-refractivity contribution is -0.139. The van der Waals surface area contributed by atoms with E-state index in [0.29, 0.717) is 13.2 Å². The normalized spacial score (nSPS) is 13.0. The zero-order valence-corrected chi connectivity index (χ0v) is 13.6. The summed E-state index contributed by atoms with van der Waals surface area (Å²) in [5.74, 6) is -1.56. The molecule has 0 aliphatic heterocycles. The number of carboxylic acid groups (broad SMARTS) is 1. The van der Waals surface area contributed by atoms with E-state index in [1.54, 1.807) is 13.8 Å². The van der Waals surface area contributed by atoms with Gasteiger partial charge in [-0.05, 0) is 20.3 Å². The van der Waals surface area contributed by atoms with Crippen LogP contribution in [-0.4, -0.2) is 74.8 Å². The zero-order chi connectivity index (χ0) is 16.6. The molecule has 124 valence electrons. The standard InChI is InChI=1S/C12H24N2O6S/c1-9(2)14(6-7-20-3)12(17)13-10(11(15)16)5-8-21(4,18)19/h9-10H,5-8H2,1-4H3,(H,13,17)(H,15,16). The van der Waals surface area contributed by atoms with Crippen LogP contribution >= 0.6 is 0 Å². The fourth-order valence-electron chi connectivity index (χ4n) is 1.61. The summed E-state index contributed by atoms with van der Waals surface area (Å²) in [5, 5.41) is 11.4.